The number of aliphatic hydroxyl groups is 1. The molecule has 18 heavy (non-hydrogen) atoms. The minimum absolute atomic E-state index is 0.0587. The Bertz CT molecular complexity index is 391. The van der Waals surface area contributed by atoms with Crippen molar-refractivity contribution in [1.29, 1.82) is 0 Å². The first kappa shape index (κ1) is 13.1. The monoisotopic (exact) mass is 247 g/mol. The fourth-order valence-corrected chi connectivity index (χ4v) is 2.73. The highest BCUT2D eigenvalue weighted by molar-refractivity contribution is 5.79. The van der Waals surface area contributed by atoms with Crippen molar-refractivity contribution in [1.82, 2.24) is 5.32 Å². The minimum Gasteiger partial charge on any atom is -0.394 e. The molecule has 1 aromatic rings. The Hall–Kier alpha value is -1.35. The van der Waals surface area contributed by atoms with Crippen LogP contribution in [0.3, 0.4) is 0 Å². The highest BCUT2D eigenvalue weighted by Crippen LogP contribution is 2.31. The van der Waals surface area contributed by atoms with E-state index in [4.69, 9.17) is 0 Å². The summed E-state index contributed by atoms with van der Waals surface area (Å²) in [5.74, 6) is 0.658. The number of benzene rings is 1. The van der Waals surface area contributed by atoms with Crippen LogP contribution in [0, 0.1) is 11.8 Å². The van der Waals surface area contributed by atoms with E-state index in [1.165, 1.54) is 0 Å². The predicted molar refractivity (Wildman–Crippen MR) is 70.9 cm³/mol. The third kappa shape index (κ3) is 2.91. The topological polar surface area (TPSA) is 49.3 Å². The molecule has 0 heterocycles. The van der Waals surface area contributed by atoms with Gasteiger partial charge in [-0.05, 0) is 24.3 Å². The minimum atomic E-state index is -0.286. The van der Waals surface area contributed by atoms with Crippen LogP contribution < -0.4 is 5.32 Å². The average Bonchev–Trinajstić information content (AvgIpc) is 2.83. The molecular formula is C15H21NO2. The van der Waals surface area contributed by atoms with E-state index < -0.39 is 0 Å². The van der Waals surface area contributed by atoms with Crippen molar-refractivity contribution in [3.63, 3.8) is 0 Å². The Labute approximate surface area is 108 Å². The Morgan fingerprint density at radius 1 is 1.39 bits per heavy atom. The summed E-state index contributed by atoms with van der Waals surface area (Å²) in [6.45, 7) is 2.07. The lowest BCUT2D eigenvalue weighted by atomic mass is 9.96. The number of aliphatic hydroxyl groups excluding tert-OH is 1. The molecule has 0 bridgehead atoms. The van der Waals surface area contributed by atoms with Gasteiger partial charge in [0.15, 0.2) is 0 Å². The zero-order chi connectivity index (χ0) is 13.0. The Morgan fingerprint density at radius 2 is 2.11 bits per heavy atom. The molecule has 98 valence electrons. The second-order valence-corrected chi connectivity index (χ2v) is 5.17. The van der Waals surface area contributed by atoms with Gasteiger partial charge in [0.1, 0.15) is 0 Å². The van der Waals surface area contributed by atoms with Crippen LogP contribution in [0.5, 0.6) is 0 Å². The van der Waals surface area contributed by atoms with Gasteiger partial charge in [-0.2, -0.15) is 0 Å². The summed E-state index contributed by atoms with van der Waals surface area (Å²) in [5, 5.41) is 12.4. The van der Waals surface area contributed by atoms with Crippen molar-refractivity contribution in [3.05, 3.63) is 35.9 Å². The summed E-state index contributed by atoms with van der Waals surface area (Å²) in [6.07, 6.45) is 3.24. The number of amides is 1. The lowest BCUT2D eigenvalue weighted by molar-refractivity contribution is -0.127. The molecule has 1 saturated carbocycles. The molecule has 3 nitrogen and oxygen atoms in total. The molecule has 1 fully saturated rings. The zero-order valence-corrected chi connectivity index (χ0v) is 10.8. The van der Waals surface area contributed by atoms with Gasteiger partial charge in [-0.3, -0.25) is 4.79 Å². The van der Waals surface area contributed by atoms with Crippen LogP contribution in [0.2, 0.25) is 0 Å². The fourth-order valence-electron chi connectivity index (χ4n) is 2.73. The number of hydrogen-bond acceptors (Lipinski definition) is 2. The number of rotatable bonds is 4. The van der Waals surface area contributed by atoms with Gasteiger partial charge in [-0.25, -0.2) is 0 Å². The van der Waals surface area contributed by atoms with Crippen molar-refractivity contribution >= 4 is 5.91 Å². The Morgan fingerprint density at radius 3 is 2.67 bits per heavy atom. The standard InChI is InChI=1S/C15H21NO2/c1-11-6-5-9-13(11)15(18)16-14(10-17)12-7-3-2-4-8-12/h2-4,7-8,11,13-14,17H,5-6,9-10H2,1H3,(H,16,18)/t11?,13?,14-/m1/s1. The Kier molecular flexibility index (Phi) is 4.37. The van der Waals surface area contributed by atoms with Gasteiger partial charge in [0.2, 0.25) is 5.91 Å². The summed E-state index contributed by atoms with van der Waals surface area (Å²) in [4.78, 5) is 12.2. The summed E-state index contributed by atoms with van der Waals surface area (Å²) in [7, 11) is 0. The number of nitrogens with one attached hydrogen (secondary N) is 1. The van der Waals surface area contributed by atoms with Gasteiger partial charge in [0.25, 0.3) is 0 Å². The molecule has 3 atom stereocenters. The molecule has 2 rings (SSSR count). The van der Waals surface area contributed by atoms with Gasteiger partial charge >= 0.3 is 0 Å². The number of hydrogen-bond donors (Lipinski definition) is 2. The van der Waals surface area contributed by atoms with Crippen LogP contribution >= 0.6 is 0 Å². The van der Waals surface area contributed by atoms with Crippen LogP contribution in [0.1, 0.15) is 37.8 Å². The molecule has 2 N–H and O–H groups in total. The Balaban J connectivity index is 2.00. The second-order valence-electron chi connectivity index (χ2n) is 5.17. The molecule has 1 aliphatic carbocycles. The van der Waals surface area contributed by atoms with E-state index in [1.54, 1.807) is 0 Å². The van der Waals surface area contributed by atoms with Gasteiger partial charge in [0, 0.05) is 5.92 Å². The molecule has 0 radical (unpaired) electrons. The van der Waals surface area contributed by atoms with E-state index in [1.807, 2.05) is 30.3 Å². The van der Waals surface area contributed by atoms with Crippen LogP contribution in [0.25, 0.3) is 0 Å². The van der Waals surface area contributed by atoms with E-state index in [9.17, 15) is 9.90 Å². The first-order valence-corrected chi connectivity index (χ1v) is 6.68. The largest absolute Gasteiger partial charge is 0.394 e. The van der Waals surface area contributed by atoms with Crippen molar-refractivity contribution in [3.8, 4) is 0 Å². The molecule has 3 heteroatoms. The number of carbonyl (C=O) groups excluding carboxylic acids is 1. The highest BCUT2D eigenvalue weighted by Gasteiger charge is 2.30. The predicted octanol–water partition coefficient (Wildman–Crippen LogP) is 2.27. The molecule has 2 unspecified atom stereocenters. The van der Waals surface area contributed by atoms with Crippen molar-refractivity contribution in [2.75, 3.05) is 6.61 Å². The maximum atomic E-state index is 12.2. The molecule has 0 aromatic heterocycles. The summed E-state index contributed by atoms with van der Waals surface area (Å²) in [5.41, 5.74) is 0.957. The lowest BCUT2D eigenvalue weighted by Crippen LogP contribution is -2.36. The van der Waals surface area contributed by atoms with E-state index in [0.717, 1.165) is 24.8 Å². The molecule has 0 aliphatic heterocycles. The van der Waals surface area contributed by atoms with E-state index in [-0.39, 0.29) is 24.5 Å². The van der Waals surface area contributed by atoms with Crippen LogP contribution in [-0.2, 0) is 4.79 Å². The quantitative estimate of drug-likeness (QED) is 0.857. The molecular weight excluding hydrogens is 226 g/mol. The van der Waals surface area contributed by atoms with Crippen LogP contribution in [-0.4, -0.2) is 17.6 Å². The molecule has 1 aliphatic rings. The molecule has 0 saturated heterocycles. The first-order valence-electron chi connectivity index (χ1n) is 6.68. The first-order chi connectivity index (χ1) is 8.72. The third-order valence-electron chi connectivity index (χ3n) is 3.90. The van der Waals surface area contributed by atoms with Crippen molar-refractivity contribution in [2.45, 2.75) is 32.2 Å². The van der Waals surface area contributed by atoms with E-state index in [0.29, 0.717) is 5.92 Å². The SMILES string of the molecule is CC1CCCC1C(=O)N[C@H](CO)c1ccccc1. The lowest BCUT2D eigenvalue weighted by Gasteiger charge is -2.21. The maximum absolute atomic E-state index is 12.2. The van der Waals surface area contributed by atoms with E-state index >= 15 is 0 Å². The summed E-state index contributed by atoms with van der Waals surface area (Å²) >= 11 is 0. The maximum Gasteiger partial charge on any atom is 0.223 e. The smallest absolute Gasteiger partial charge is 0.223 e. The highest BCUT2D eigenvalue weighted by atomic mass is 16.3. The average molecular weight is 247 g/mol. The fraction of sp³-hybridized carbons (Fsp3) is 0.533. The van der Waals surface area contributed by atoms with Crippen molar-refractivity contribution in [2.24, 2.45) is 11.8 Å². The van der Waals surface area contributed by atoms with Gasteiger partial charge in [0.05, 0.1) is 12.6 Å². The van der Waals surface area contributed by atoms with Crippen molar-refractivity contribution < 1.29 is 9.90 Å². The molecule has 1 amide bonds. The summed E-state index contributed by atoms with van der Waals surface area (Å²) < 4.78 is 0. The van der Waals surface area contributed by atoms with Gasteiger partial charge in [-0.15, -0.1) is 0 Å². The van der Waals surface area contributed by atoms with Gasteiger partial charge < -0.3 is 10.4 Å². The molecule has 1 aromatic carbocycles. The summed E-state index contributed by atoms with van der Waals surface area (Å²) in [6, 6.07) is 9.34. The number of carbonyl (C=O) groups is 1. The van der Waals surface area contributed by atoms with E-state index in [2.05, 4.69) is 12.2 Å². The normalized spacial score (nSPS) is 24.8. The second kappa shape index (κ2) is 6.01. The zero-order valence-electron chi connectivity index (χ0n) is 10.8. The van der Waals surface area contributed by atoms with Gasteiger partial charge in [-0.1, -0.05) is 43.7 Å². The third-order valence-corrected chi connectivity index (χ3v) is 3.90. The van der Waals surface area contributed by atoms with Crippen LogP contribution in [0.4, 0.5) is 0 Å². The van der Waals surface area contributed by atoms with Crippen LogP contribution in [0.15, 0.2) is 30.3 Å². The molecule has 0 spiro atoms.